The lowest BCUT2D eigenvalue weighted by Gasteiger charge is -2.23. The van der Waals surface area contributed by atoms with Crippen LogP contribution in [-0.4, -0.2) is 49.0 Å². The molecular weight excluding hydrogens is 330 g/mol. The van der Waals surface area contributed by atoms with Crippen molar-refractivity contribution in [2.75, 3.05) is 31.1 Å². The summed E-state index contributed by atoms with van der Waals surface area (Å²) in [4.78, 5) is 27.6. The summed E-state index contributed by atoms with van der Waals surface area (Å²) in [6, 6.07) is 7.50. The first-order valence-corrected chi connectivity index (χ1v) is 8.22. The summed E-state index contributed by atoms with van der Waals surface area (Å²) >= 11 is 0. The SMILES string of the molecule is Cl.NCC1CCCN1C(=O)COc1cccc(N2CCCC2=O)c1. The van der Waals surface area contributed by atoms with E-state index >= 15 is 0 Å². The van der Waals surface area contributed by atoms with Gasteiger partial charge in [-0.3, -0.25) is 9.59 Å². The zero-order chi connectivity index (χ0) is 16.2. The molecule has 0 spiro atoms. The Morgan fingerprint density at radius 3 is 2.83 bits per heavy atom. The fourth-order valence-electron chi connectivity index (χ4n) is 3.30. The monoisotopic (exact) mass is 353 g/mol. The highest BCUT2D eigenvalue weighted by molar-refractivity contribution is 5.95. The third-order valence-electron chi connectivity index (χ3n) is 4.53. The average molecular weight is 354 g/mol. The van der Waals surface area contributed by atoms with Crippen molar-refractivity contribution in [3.63, 3.8) is 0 Å². The molecule has 2 heterocycles. The zero-order valence-electron chi connectivity index (χ0n) is 13.6. The standard InChI is InChI=1S/C17H23N3O3.ClH/c18-11-14-5-2-8-20(14)17(22)12-23-15-6-1-4-13(10-15)19-9-3-7-16(19)21;/h1,4,6,10,14H,2-3,5,7-9,11-12,18H2;1H. The molecule has 2 amide bonds. The molecule has 1 aromatic carbocycles. The van der Waals surface area contributed by atoms with Crippen molar-refractivity contribution in [2.24, 2.45) is 5.73 Å². The Kier molecular flexibility index (Phi) is 6.45. The summed E-state index contributed by atoms with van der Waals surface area (Å²) in [5.74, 6) is 0.723. The van der Waals surface area contributed by atoms with Gasteiger partial charge in [0.1, 0.15) is 5.75 Å². The van der Waals surface area contributed by atoms with Crippen molar-refractivity contribution >= 4 is 29.9 Å². The number of likely N-dealkylation sites (tertiary alicyclic amines) is 1. The molecule has 1 unspecified atom stereocenters. The number of hydrogen-bond donors (Lipinski definition) is 1. The summed E-state index contributed by atoms with van der Waals surface area (Å²) in [6.45, 7) is 2.01. The third kappa shape index (κ3) is 3.99. The first kappa shape index (κ1) is 18.5. The summed E-state index contributed by atoms with van der Waals surface area (Å²) in [5.41, 5.74) is 6.53. The fourth-order valence-corrected chi connectivity index (χ4v) is 3.30. The van der Waals surface area contributed by atoms with Gasteiger partial charge in [-0.1, -0.05) is 6.07 Å². The maximum Gasteiger partial charge on any atom is 0.260 e. The van der Waals surface area contributed by atoms with Crippen LogP contribution in [0.25, 0.3) is 0 Å². The van der Waals surface area contributed by atoms with E-state index in [1.807, 2.05) is 29.2 Å². The summed E-state index contributed by atoms with van der Waals surface area (Å²) in [6.07, 6.45) is 3.45. The summed E-state index contributed by atoms with van der Waals surface area (Å²) in [7, 11) is 0. The molecule has 0 saturated carbocycles. The Hall–Kier alpha value is -1.79. The van der Waals surface area contributed by atoms with Crippen LogP contribution in [0.1, 0.15) is 25.7 Å². The van der Waals surface area contributed by atoms with Crippen molar-refractivity contribution in [3.05, 3.63) is 24.3 Å². The minimum absolute atomic E-state index is 0. The fraction of sp³-hybridized carbons (Fsp3) is 0.529. The molecule has 0 aromatic heterocycles. The van der Waals surface area contributed by atoms with E-state index in [2.05, 4.69) is 0 Å². The first-order valence-electron chi connectivity index (χ1n) is 8.22. The molecule has 132 valence electrons. The minimum atomic E-state index is -0.0272. The Bertz CT molecular complexity index is 596. The van der Waals surface area contributed by atoms with Crippen molar-refractivity contribution in [1.29, 1.82) is 0 Å². The quantitative estimate of drug-likeness (QED) is 0.871. The van der Waals surface area contributed by atoms with E-state index in [0.29, 0.717) is 18.7 Å². The van der Waals surface area contributed by atoms with Crippen LogP contribution in [-0.2, 0) is 9.59 Å². The van der Waals surface area contributed by atoms with Crippen LogP contribution in [0.3, 0.4) is 0 Å². The van der Waals surface area contributed by atoms with Crippen LogP contribution in [0.15, 0.2) is 24.3 Å². The van der Waals surface area contributed by atoms with E-state index in [1.54, 1.807) is 4.90 Å². The molecule has 2 N–H and O–H groups in total. The second-order valence-corrected chi connectivity index (χ2v) is 6.05. The number of rotatable bonds is 5. The van der Waals surface area contributed by atoms with Crippen LogP contribution in [0.2, 0.25) is 0 Å². The predicted molar refractivity (Wildman–Crippen MR) is 94.6 cm³/mol. The molecule has 2 aliphatic rings. The summed E-state index contributed by atoms with van der Waals surface area (Å²) in [5, 5.41) is 0. The average Bonchev–Trinajstić information content (AvgIpc) is 3.21. The number of amides is 2. The van der Waals surface area contributed by atoms with Crippen LogP contribution in [0.5, 0.6) is 5.75 Å². The summed E-state index contributed by atoms with van der Waals surface area (Å²) < 4.78 is 5.64. The second kappa shape index (κ2) is 8.35. The molecule has 0 aliphatic carbocycles. The molecule has 3 rings (SSSR count). The molecule has 7 heteroatoms. The van der Waals surface area contributed by atoms with Gasteiger partial charge < -0.3 is 20.3 Å². The van der Waals surface area contributed by atoms with Crippen LogP contribution in [0, 0.1) is 0 Å². The van der Waals surface area contributed by atoms with Crippen molar-refractivity contribution in [1.82, 2.24) is 4.90 Å². The first-order chi connectivity index (χ1) is 11.2. The molecule has 1 aromatic rings. The van der Waals surface area contributed by atoms with Gasteiger partial charge in [-0.25, -0.2) is 0 Å². The largest absolute Gasteiger partial charge is 0.484 e. The van der Waals surface area contributed by atoms with Gasteiger partial charge in [-0.15, -0.1) is 12.4 Å². The van der Waals surface area contributed by atoms with Gasteiger partial charge in [0.2, 0.25) is 5.91 Å². The van der Waals surface area contributed by atoms with Gasteiger partial charge in [-0.2, -0.15) is 0 Å². The van der Waals surface area contributed by atoms with Crippen LogP contribution < -0.4 is 15.4 Å². The number of ether oxygens (including phenoxy) is 1. The number of nitrogens with zero attached hydrogens (tertiary/aromatic N) is 2. The van der Waals surface area contributed by atoms with Gasteiger partial charge >= 0.3 is 0 Å². The molecular formula is C17H24ClN3O3. The van der Waals surface area contributed by atoms with Crippen LogP contribution in [0.4, 0.5) is 5.69 Å². The zero-order valence-corrected chi connectivity index (χ0v) is 14.5. The lowest BCUT2D eigenvalue weighted by Crippen LogP contribution is -2.42. The maximum atomic E-state index is 12.3. The molecule has 2 fully saturated rings. The Morgan fingerprint density at radius 2 is 2.12 bits per heavy atom. The highest BCUT2D eigenvalue weighted by atomic mass is 35.5. The highest BCUT2D eigenvalue weighted by Crippen LogP contribution is 2.25. The molecule has 24 heavy (non-hydrogen) atoms. The highest BCUT2D eigenvalue weighted by Gasteiger charge is 2.27. The van der Waals surface area contributed by atoms with Gasteiger partial charge in [0.15, 0.2) is 6.61 Å². The van der Waals surface area contributed by atoms with E-state index in [-0.39, 0.29) is 36.9 Å². The van der Waals surface area contributed by atoms with Crippen molar-refractivity contribution in [2.45, 2.75) is 31.7 Å². The number of halogens is 1. The van der Waals surface area contributed by atoms with E-state index in [0.717, 1.165) is 38.0 Å². The molecule has 0 bridgehead atoms. The predicted octanol–water partition coefficient (Wildman–Crippen LogP) is 1.56. The topological polar surface area (TPSA) is 75.9 Å². The van der Waals surface area contributed by atoms with Gasteiger partial charge in [-0.05, 0) is 31.4 Å². The van der Waals surface area contributed by atoms with E-state index in [9.17, 15) is 9.59 Å². The number of anilines is 1. The molecule has 0 radical (unpaired) electrons. The number of benzene rings is 1. The second-order valence-electron chi connectivity index (χ2n) is 6.05. The minimum Gasteiger partial charge on any atom is -0.484 e. The third-order valence-corrected chi connectivity index (χ3v) is 4.53. The molecule has 6 nitrogen and oxygen atoms in total. The Morgan fingerprint density at radius 1 is 1.29 bits per heavy atom. The van der Waals surface area contributed by atoms with E-state index < -0.39 is 0 Å². The van der Waals surface area contributed by atoms with Gasteiger partial charge in [0.25, 0.3) is 5.91 Å². The molecule has 1 atom stereocenters. The number of nitrogens with two attached hydrogens (primary N) is 1. The van der Waals surface area contributed by atoms with E-state index in [1.165, 1.54) is 0 Å². The lowest BCUT2D eigenvalue weighted by atomic mass is 10.2. The maximum absolute atomic E-state index is 12.3. The van der Waals surface area contributed by atoms with Gasteiger partial charge in [0.05, 0.1) is 0 Å². The number of carbonyl (C=O) groups excluding carboxylic acids is 2. The van der Waals surface area contributed by atoms with Crippen molar-refractivity contribution < 1.29 is 14.3 Å². The number of carbonyl (C=O) groups is 2. The molecule has 2 saturated heterocycles. The Balaban J connectivity index is 0.00000208. The van der Waals surface area contributed by atoms with E-state index in [4.69, 9.17) is 10.5 Å². The van der Waals surface area contributed by atoms with Gasteiger partial charge in [0, 0.05) is 43.9 Å². The number of hydrogen-bond acceptors (Lipinski definition) is 4. The smallest absolute Gasteiger partial charge is 0.260 e. The lowest BCUT2D eigenvalue weighted by molar-refractivity contribution is -0.134. The van der Waals surface area contributed by atoms with Crippen LogP contribution >= 0.6 is 12.4 Å². The van der Waals surface area contributed by atoms with Crippen molar-refractivity contribution in [3.8, 4) is 5.75 Å². The normalized spacial score (nSPS) is 20.2. The Labute approximate surface area is 148 Å². The molecule has 2 aliphatic heterocycles.